The van der Waals surface area contributed by atoms with E-state index in [0.717, 1.165) is 42.6 Å². The molecule has 0 atom stereocenters. The summed E-state index contributed by atoms with van der Waals surface area (Å²) in [5.74, 6) is 2.15. The highest BCUT2D eigenvalue weighted by atomic mass is 32.1. The lowest BCUT2D eigenvalue weighted by molar-refractivity contribution is -0.115. The van der Waals surface area contributed by atoms with Crippen molar-refractivity contribution in [3.63, 3.8) is 0 Å². The highest BCUT2D eigenvalue weighted by Gasteiger charge is 2.51. The van der Waals surface area contributed by atoms with Gasteiger partial charge in [0.25, 0.3) is 5.91 Å². The van der Waals surface area contributed by atoms with Crippen LogP contribution in [0.4, 0.5) is 5.13 Å². The summed E-state index contributed by atoms with van der Waals surface area (Å²) in [5, 5.41) is 8.38. The average Bonchev–Trinajstić information content (AvgIpc) is 3.09. The Morgan fingerprint density at radius 1 is 1.04 bits per heavy atom. The maximum absolute atomic E-state index is 12.8. The molecule has 4 bridgehead atoms. The van der Waals surface area contributed by atoms with Gasteiger partial charge in [-0.3, -0.25) is 9.59 Å². The molecule has 0 unspecified atom stereocenters. The number of carbonyl (C=O) groups is 2. The number of carbonyl (C=O) groups excluding carboxylic acids is 2. The van der Waals surface area contributed by atoms with E-state index >= 15 is 0 Å². The Bertz CT molecular complexity index is 857. The van der Waals surface area contributed by atoms with Gasteiger partial charge in [-0.05, 0) is 61.8 Å². The van der Waals surface area contributed by atoms with Crippen molar-refractivity contribution in [2.45, 2.75) is 50.5 Å². The molecule has 5 nitrogen and oxygen atoms in total. The Morgan fingerprint density at radius 2 is 1.68 bits per heavy atom. The summed E-state index contributed by atoms with van der Waals surface area (Å²) in [5.41, 5.74) is 1.35. The average molecular weight is 396 g/mol. The van der Waals surface area contributed by atoms with E-state index in [-0.39, 0.29) is 17.4 Å². The number of rotatable bonds is 5. The van der Waals surface area contributed by atoms with Crippen molar-refractivity contribution in [2.24, 2.45) is 17.8 Å². The molecule has 146 valence electrons. The molecule has 0 spiro atoms. The quantitative estimate of drug-likeness (QED) is 0.803. The number of aromatic nitrogens is 1. The lowest BCUT2D eigenvalue weighted by Gasteiger charge is -2.56. The number of amides is 2. The summed E-state index contributed by atoms with van der Waals surface area (Å²) in [7, 11) is 0. The van der Waals surface area contributed by atoms with Crippen LogP contribution in [0, 0.1) is 17.8 Å². The first-order chi connectivity index (χ1) is 13.6. The van der Waals surface area contributed by atoms with Gasteiger partial charge in [0.2, 0.25) is 5.91 Å². The largest absolute Gasteiger partial charge is 0.345 e. The molecule has 6 rings (SSSR count). The maximum Gasteiger partial charge on any atom is 0.271 e. The fourth-order valence-electron chi connectivity index (χ4n) is 5.95. The van der Waals surface area contributed by atoms with Crippen LogP contribution in [0.1, 0.15) is 54.6 Å². The van der Waals surface area contributed by atoms with Gasteiger partial charge < -0.3 is 10.6 Å². The van der Waals surface area contributed by atoms with Crippen LogP contribution in [0.2, 0.25) is 0 Å². The third kappa shape index (κ3) is 3.58. The van der Waals surface area contributed by atoms with E-state index in [9.17, 15) is 9.59 Å². The zero-order valence-electron chi connectivity index (χ0n) is 15.8. The van der Waals surface area contributed by atoms with Crippen LogP contribution in [0.3, 0.4) is 0 Å². The summed E-state index contributed by atoms with van der Waals surface area (Å²) in [6.45, 7) is 0. The highest BCUT2D eigenvalue weighted by Crippen LogP contribution is 2.55. The van der Waals surface area contributed by atoms with Gasteiger partial charge in [-0.25, -0.2) is 4.98 Å². The molecule has 2 amide bonds. The minimum absolute atomic E-state index is 0.0217. The molecule has 4 fully saturated rings. The first-order valence-electron chi connectivity index (χ1n) is 10.2. The topological polar surface area (TPSA) is 71.1 Å². The lowest BCUT2D eigenvalue weighted by atomic mass is 9.53. The molecule has 6 heteroatoms. The van der Waals surface area contributed by atoms with Gasteiger partial charge in [0, 0.05) is 10.9 Å². The predicted octanol–water partition coefficient (Wildman–Crippen LogP) is 4.02. The summed E-state index contributed by atoms with van der Waals surface area (Å²) in [4.78, 5) is 29.4. The van der Waals surface area contributed by atoms with Gasteiger partial charge >= 0.3 is 0 Å². The second-order valence-electron chi connectivity index (χ2n) is 8.90. The molecule has 0 aliphatic heterocycles. The van der Waals surface area contributed by atoms with E-state index in [1.165, 1.54) is 30.6 Å². The molecular formula is C22H25N3O2S. The number of hydrogen-bond donors (Lipinski definition) is 2. The zero-order chi connectivity index (χ0) is 19.1. The Hall–Kier alpha value is -2.21. The first kappa shape index (κ1) is 17.9. The fraction of sp³-hybridized carbons (Fsp3) is 0.500. The minimum Gasteiger partial charge on any atom is -0.345 e. The van der Waals surface area contributed by atoms with Crippen molar-refractivity contribution >= 4 is 28.3 Å². The van der Waals surface area contributed by atoms with Crippen molar-refractivity contribution in [2.75, 3.05) is 5.32 Å². The molecule has 2 N–H and O–H groups in total. The smallest absolute Gasteiger partial charge is 0.271 e. The molecule has 0 radical (unpaired) electrons. The number of benzene rings is 1. The normalized spacial score (nSPS) is 30.2. The number of hydrogen-bond acceptors (Lipinski definition) is 4. The van der Waals surface area contributed by atoms with Crippen LogP contribution < -0.4 is 10.6 Å². The summed E-state index contributed by atoms with van der Waals surface area (Å²) in [6, 6.07) is 9.60. The van der Waals surface area contributed by atoms with Gasteiger partial charge in [-0.2, -0.15) is 0 Å². The third-order valence-electron chi connectivity index (χ3n) is 6.61. The molecule has 1 aromatic carbocycles. The van der Waals surface area contributed by atoms with Crippen LogP contribution in [-0.2, 0) is 11.2 Å². The van der Waals surface area contributed by atoms with Crippen molar-refractivity contribution in [1.82, 2.24) is 10.3 Å². The third-order valence-corrected chi connectivity index (χ3v) is 7.37. The van der Waals surface area contributed by atoms with E-state index in [4.69, 9.17) is 0 Å². The van der Waals surface area contributed by atoms with Crippen molar-refractivity contribution in [3.8, 4) is 0 Å². The Morgan fingerprint density at radius 3 is 2.32 bits per heavy atom. The molecule has 4 aliphatic carbocycles. The van der Waals surface area contributed by atoms with Gasteiger partial charge in [0.1, 0.15) is 5.69 Å². The summed E-state index contributed by atoms with van der Waals surface area (Å²) >= 11 is 1.31. The second kappa shape index (κ2) is 6.99. The van der Waals surface area contributed by atoms with Crippen molar-refractivity contribution < 1.29 is 9.59 Å². The highest BCUT2D eigenvalue weighted by molar-refractivity contribution is 7.14. The van der Waals surface area contributed by atoms with Crippen LogP contribution in [0.5, 0.6) is 0 Å². The van der Waals surface area contributed by atoms with Gasteiger partial charge in [-0.15, -0.1) is 11.3 Å². The standard InChI is InChI=1S/C22H25N3O2S/c26-19(9-14-4-2-1-3-5-14)24-21-23-18(13-28-21)20(27)25-22-10-15-6-16(11-22)8-17(7-15)12-22/h1-5,13,15-17H,6-12H2,(H,25,27)(H,23,24,26). The molecule has 2 aromatic rings. The van der Waals surface area contributed by atoms with Gasteiger partial charge in [0.05, 0.1) is 6.42 Å². The van der Waals surface area contributed by atoms with Crippen molar-refractivity contribution in [1.29, 1.82) is 0 Å². The second-order valence-corrected chi connectivity index (χ2v) is 9.76. The summed E-state index contributed by atoms with van der Waals surface area (Å²) in [6.07, 6.45) is 7.71. The zero-order valence-corrected chi connectivity index (χ0v) is 16.6. The molecule has 4 aliphatic rings. The monoisotopic (exact) mass is 395 g/mol. The molecule has 0 saturated heterocycles. The van der Waals surface area contributed by atoms with E-state index in [1.54, 1.807) is 5.38 Å². The number of nitrogens with one attached hydrogen (secondary N) is 2. The van der Waals surface area contributed by atoms with Crippen LogP contribution in [0.15, 0.2) is 35.7 Å². The number of nitrogens with zero attached hydrogens (tertiary/aromatic N) is 1. The number of anilines is 1. The van der Waals surface area contributed by atoms with Crippen LogP contribution in [-0.4, -0.2) is 22.3 Å². The Kier molecular flexibility index (Phi) is 4.46. The summed E-state index contributed by atoms with van der Waals surface area (Å²) < 4.78 is 0. The maximum atomic E-state index is 12.8. The molecule has 1 aromatic heterocycles. The van der Waals surface area contributed by atoms with Crippen LogP contribution >= 0.6 is 11.3 Å². The minimum atomic E-state index is -0.117. The predicted molar refractivity (Wildman–Crippen MR) is 109 cm³/mol. The fourth-order valence-corrected chi connectivity index (χ4v) is 6.66. The van der Waals surface area contributed by atoms with E-state index < -0.39 is 0 Å². The Balaban J connectivity index is 1.21. The van der Waals surface area contributed by atoms with E-state index in [2.05, 4.69) is 15.6 Å². The molecule has 28 heavy (non-hydrogen) atoms. The molecular weight excluding hydrogens is 370 g/mol. The Labute approximate surface area is 168 Å². The first-order valence-corrected chi connectivity index (χ1v) is 11.1. The lowest BCUT2D eigenvalue weighted by Crippen LogP contribution is -2.59. The van der Waals surface area contributed by atoms with Gasteiger partial charge in [-0.1, -0.05) is 30.3 Å². The molecule has 1 heterocycles. The van der Waals surface area contributed by atoms with E-state index in [0.29, 0.717) is 17.2 Å². The van der Waals surface area contributed by atoms with Gasteiger partial charge in [0.15, 0.2) is 5.13 Å². The molecule has 4 saturated carbocycles. The van der Waals surface area contributed by atoms with E-state index in [1.807, 2.05) is 30.3 Å². The number of thiazole rings is 1. The van der Waals surface area contributed by atoms with Crippen LogP contribution in [0.25, 0.3) is 0 Å². The SMILES string of the molecule is O=C(Cc1ccccc1)Nc1nc(C(=O)NC23CC4CC(CC(C4)C2)C3)cs1. The van der Waals surface area contributed by atoms with Crippen molar-refractivity contribution in [3.05, 3.63) is 47.0 Å².